The Hall–Kier alpha value is -1.79. The van der Waals surface area contributed by atoms with E-state index in [0.717, 1.165) is 18.9 Å². The van der Waals surface area contributed by atoms with Gasteiger partial charge in [-0.2, -0.15) is 13.2 Å². The molecule has 1 amide bonds. The molecule has 0 bridgehead atoms. The summed E-state index contributed by atoms with van der Waals surface area (Å²) in [4.78, 5) is 17.4. The summed E-state index contributed by atoms with van der Waals surface area (Å²) in [5.74, 6) is 0.115. The molecule has 25 heavy (non-hydrogen) atoms. The zero-order valence-electron chi connectivity index (χ0n) is 15.1. The second kappa shape index (κ2) is 7.22. The Morgan fingerprint density at radius 2 is 2.00 bits per heavy atom. The molecule has 1 fully saturated rings. The highest BCUT2D eigenvalue weighted by Crippen LogP contribution is 2.30. The maximum absolute atomic E-state index is 12.9. The third-order valence-electron chi connectivity index (χ3n) is 4.00. The predicted molar refractivity (Wildman–Crippen MR) is 88.2 cm³/mol. The summed E-state index contributed by atoms with van der Waals surface area (Å²) in [5, 5.41) is 0. The van der Waals surface area contributed by atoms with Crippen LogP contribution in [0.5, 0.6) is 0 Å². The highest BCUT2D eigenvalue weighted by Gasteiger charge is 2.33. The predicted octanol–water partition coefficient (Wildman–Crippen LogP) is 4.60. The van der Waals surface area contributed by atoms with Crippen molar-refractivity contribution < 1.29 is 22.7 Å². The monoisotopic (exact) mass is 358 g/mol. The van der Waals surface area contributed by atoms with Crippen molar-refractivity contribution in [3.8, 4) is 0 Å². The van der Waals surface area contributed by atoms with Gasteiger partial charge in [-0.1, -0.05) is 0 Å². The van der Waals surface area contributed by atoms with Crippen LogP contribution in [0.4, 0.5) is 18.0 Å². The SMILES string of the molecule is Cc1cc(C[C@H]2CCCN(C(=O)OC(C)(C)C)C2)cc(C(F)(F)F)n1. The molecule has 0 N–H and O–H groups in total. The molecule has 0 radical (unpaired) electrons. The number of hydrogen-bond donors (Lipinski definition) is 0. The summed E-state index contributed by atoms with van der Waals surface area (Å²) < 4.78 is 44.1. The maximum atomic E-state index is 12.9. The van der Waals surface area contributed by atoms with E-state index < -0.39 is 17.5 Å². The Kier molecular flexibility index (Phi) is 5.64. The van der Waals surface area contributed by atoms with Crippen LogP contribution in [0.3, 0.4) is 0 Å². The van der Waals surface area contributed by atoms with Crippen LogP contribution in [0.25, 0.3) is 0 Å². The summed E-state index contributed by atoms with van der Waals surface area (Å²) in [5.41, 5.74) is -0.462. The number of carbonyl (C=O) groups is 1. The number of nitrogens with zero attached hydrogens (tertiary/aromatic N) is 2. The summed E-state index contributed by atoms with van der Waals surface area (Å²) in [7, 11) is 0. The van der Waals surface area contributed by atoms with Crippen molar-refractivity contribution in [3.05, 3.63) is 29.1 Å². The molecule has 1 aromatic rings. The molecule has 0 unspecified atom stereocenters. The van der Waals surface area contributed by atoms with Gasteiger partial charge in [0.05, 0.1) is 0 Å². The molecule has 1 aromatic heterocycles. The summed E-state index contributed by atoms with van der Waals surface area (Å²) in [6.45, 7) is 8.11. The third-order valence-corrected chi connectivity index (χ3v) is 4.00. The van der Waals surface area contributed by atoms with Crippen molar-refractivity contribution in [1.82, 2.24) is 9.88 Å². The lowest BCUT2D eigenvalue weighted by molar-refractivity contribution is -0.141. The number of halogens is 3. The van der Waals surface area contributed by atoms with Crippen molar-refractivity contribution >= 4 is 6.09 Å². The van der Waals surface area contributed by atoms with Crippen LogP contribution in [-0.4, -0.2) is 34.7 Å². The number of aryl methyl sites for hydroxylation is 1. The third kappa shape index (κ3) is 5.90. The van der Waals surface area contributed by atoms with Gasteiger partial charge in [0.25, 0.3) is 0 Å². The van der Waals surface area contributed by atoms with Crippen LogP contribution in [-0.2, 0) is 17.3 Å². The molecule has 140 valence electrons. The van der Waals surface area contributed by atoms with Crippen LogP contribution in [0.2, 0.25) is 0 Å². The molecule has 2 rings (SSSR count). The fourth-order valence-electron chi connectivity index (χ4n) is 3.06. The van der Waals surface area contributed by atoms with Crippen molar-refractivity contribution in [3.63, 3.8) is 0 Å². The molecule has 1 saturated heterocycles. The fourth-order valence-corrected chi connectivity index (χ4v) is 3.06. The highest BCUT2D eigenvalue weighted by molar-refractivity contribution is 5.68. The van der Waals surface area contributed by atoms with Gasteiger partial charge in [-0.25, -0.2) is 9.78 Å². The van der Waals surface area contributed by atoms with Crippen LogP contribution in [0.15, 0.2) is 12.1 Å². The van der Waals surface area contributed by atoms with Gasteiger partial charge in [-0.05, 0) is 70.6 Å². The van der Waals surface area contributed by atoms with E-state index in [0.29, 0.717) is 30.8 Å². The van der Waals surface area contributed by atoms with Crippen molar-refractivity contribution in [2.24, 2.45) is 5.92 Å². The van der Waals surface area contributed by atoms with E-state index in [1.807, 2.05) is 20.8 Å². The van der Waals surface area contributed by atoms with Gasteiger partial charge >= 0.3 is 12.3 Å². The van der Waals surface area contributed by atoms with E-state index in [-0.39, 0.29) is 12.0 Å². The van der Waals surface area contributed by atoms with Crippen LogP contribution < -0.4 is 0 Å². The Bertz CT molecular complexity index is 624. The number of pyridine rings is 1. The number of amides is 1. The standard InChI is InChI=1S/C18H25F3N2O2/c1-12-8-14(10-15(22-12)18(19,20)21)9-13-6-5-7-23(11-13)16(24)25-17(2,3)4/h8,10,13H,5-7,9,11H2,1-4H3/t13-/m1/s1. The zero-order valence-corrected chi connectivity index (χ0v) is 15.1. The minimum absolute atomic E-state index is 0.115. The Balaban J connectivity index is 2.05. The Labute approximate surface area is 146 Å². The van der Waals surface area contributed by atoms with Crippen LogP contribution >= 0.6 is 0 Å². The van der Waals surface area contributed by atoms with Crippen molar-refractivity contribution in [1.29, 1.82) is 0 Å². The van der Waals surface area contributed by atoms with Gasteiger partial charge in [0, 0.05) is 18.8 Å². The average Bonchev–Trinajstić information content (AvgIpc) is 2.44. The zero-order chi connectivity index (χ0) is 18.8. The van der Waals surface area contributed by atoms with Crippen molar-refractivity contribution in [2.45, 2.75) is 58.7 Å². The topological polar surface area (TPSA) is 42.4 Å². The second-order valence-corrected chi connectivity index (χ2v) is 7.64. The van der Waals surface area contributed by atoms with Gasteiger partial charge < -0.3 is 9.64 Å². The largest absolute Gasteiger partial charge is 0.444 e. The quantitative estimate of drug-likeness (QED) is 0.776. The lowest BCUT2D eigenvalue weighted by Gasteiger charge is -2.34. The lowest BCUT2D eigenvalue weighted by atomic mass is 9.91. The normalized spacial score (nSPS) is 19.0. The van der Waals surface area contributed by atoms with Gasteiger partial charge in [0.15, 0.2) is 0 Å². The van der Waals surface area contributed by atoms with E-state index in [4.69, 9.17) is 4.74 Å². The molecule has 1 aliphatic rings. The number of likely N-dealkylation sites (tertiary alicyclic amines) is 1. The summed E-state index contributed by atoms with van der Waals surface area (Å²) in [6.07, 6.45) is -2.62. The lowest BCUT2D eigenvalue weighted by Crippen LogP contribution is -2.43. The molecule has 2 heterocycles. The van der Waals surface area contributed by atoms with Gasteiger partial charge in [0.2, 0.25) is 0 Å². The van der Waals surface area contributed by atoms with Gasteiger partial charge in [-0.15, -0.1) is 0 Å². The van der Waals surface area contributed by atoms with E-state index in [9.17, 15) is 18.0 Å². The number of carbonyl (C=O) groups excluding carboxylic acids is 1. The summed E-state index contributed by atoms with van der Waals surface area (Å²) in [6, 6.07) is 2.79. The Morgan fingerprint density at radius 1 is 1.32 bits per heavy atom. The molecular weight excluding hydrogens is 333 g/mol. The number of hydrogen-bond acceptors (Lipinski definition) is 3. The van der Waals surface area contributed by atoms with Crippen LogP contribution in [0.1, 0.15) is 50.6 Å². The van der Waals surface area contributed by atoms with Crippen LogP contribution in [0, 0.1) is 12.8 Å². The number of ether oxygens (including phenoxy) is 1. The van der Waals surface area contributed by atoms with E-state index in [1.165, 1.54) is 0 Å². The number of piperidine rings is 1. The Morgan fingerprint density at radius 3 is 2.60 bits per heavy atom. The first kappa shape index (κ1) is 19.5. The molecule has 0 saturated carbocycles. The van der Waals surface area contributed by atoms with Gasteiger partial charge in [0.1, 0.15) is 11.3 Å². The number of alkyl halides is 3. The number of rotatable bonds is 2. The maximum Gasteiger partial charge on any atom is 0.433 e. The smallest absolute Gasteiger partial charge is 0.433 e. The number of aromatic nitrogens is 1. The molecule has 0 aliphatic carbocycles. The first-order chi connectivity index (χ1) is 11.4. The molecule has 4 nitrogen and oxygen atoms in total. The van der Waals surface area contributed by atoms with Gasteiger partial charge in [-0.3, -0.25) is 0 Å². The molecule has 0 spiro atoms. The average molecular weight is 358 g/mol. The van der Waals surface area contributed by atoms with Crippen molar-refractivity contribution in [2.75, 3.05) is 13.1 Å². The van der Waals surface area contributed by atoms with E-state index >= 15 is 0 Å². The first-order valence-corrected chi connectivity index (χ1v) is 8.47. The second-order valence-electron chi connectivity index (χ2n) is 7.64. The molecular formula is C18H25F3N2O2. The molecule has 1 atom stereocenters. The first-order valence-electron chi connectivity index (χ1n) is 8.47. The molecule has 7 heteroatoms. The summed E-state index contributed by atoms with van der Waals surface area (Å²) >= 11 is 0. The minimum atomic E-state index is -4.45. The molecule has 1 aliphatic heterocycles. The van der Waals surface area contributed by atoms with E-state index in [1.54, 1.807) is 17.9 Å². The minimum Gasteiger partial charge on any atom is -0.444 e. The van der Waals surface area contributed by atoms with E-state index in [2.05, 4.69) is 4.98 Å². The molecule has 0 aromatic carbocycles. The highest BCUT2D eigenvalue weighted by atomic mass is 19.4. The fraction of sp³-hybridized carbons (Fsp3) is 0.667.